The van der Waals surface area contributed by atoms with Crippen molar-refractivity contribution in [2.45, 2.75) is 19.4 Å². The van der Waals surface area contributed by atoms with Gasteiger partial charge in [-0.3, -0.25) is 4.79 Å². The predicted octanol–water partition coefficient (Wildman–Crippen LogP) is 1.22. The number of hydrogen-bond donors (Lipinski definition) is 0. The van der Waals surface area contributed by atoms with Gasteiger partial charge in [0.2, 0.25) is 0 Å². The zero-order valence-electron chi connectivity index (χ0n) is 15.4. The van der Waals surface area contributed by atoms with Crippen molar-refractivity contribution >= 4 is 17.5 Å². The van der Waals surface area contributed by atoms with E-state index in [1.165, 1.54) is 18.5 Å². The van der Waals surface area contributed by atoms with Gasteiger partial charge in [0, 0.05) is 49.9 Å². The maximum atomic E-state index is 13.4. The van der Waals surface area contributed by atoms with Gasteiger partial charge in [0.05, 0.1) is 0 Å². The number of aromatic nitrogens is 4. The summed E-state index contributed by atoms with van der Waals surface area (Å²) in [5, 5.41) is 4.25. The molecule has 4 heterocycles. The summed E-state index contributed by atoms with van der Waals surface area (Å²) in [6.45, 7) is 4.45. The van der Waals surface area contributed by atoms with Gasteiger partial charge in [0.25, 0.3) is 11.7 Å². The molecule has 1 aromatic carbocycles. The molecule has 1 unspecified atom stereocenters. The zero-order valence-corrected chi connectivity index (χ0v) is 15.4. The van der Waals surface area contributed by atoms with Gasteiger partial charge in [-0.05, 0) is 25.1 Å². The SMILES string of the molecule is Cc1cc(N2CCN(C(=O)C3Cc4cc(F)ccc4O3)CC2)n2ncnc2n1. The highest BCUT2D eigenvalue weighted by Gasteiger charge is 2.34. The molecule has 0 radical (unpaired) electrons. The van der Waals surface area contributed by atoms with Gasteiger partial charge in [0.1, 0.15) is 23.7 Å². The van der Waals surface area contributed by atoms with Gasteiger partial charge < -0.3 is 14.5 Å². The molecule has 0 aliphatic carbocycles. The summed E-state index contributed by atoms with van der Waals surface area (Å²) in [6.07, 6.45) is 1.33. The Bertz CT molecular complexity index is 1060. The van der Waals surface area contributed by atoms with E-state index in [0.717, 1.165) is 17.1 Å². The first kappa shape index (κ1) is 16.9. The monoisotopic (exact) mass is 382 g/mol. The lowest BCUT2D eigenvalue weighted by atomic mass is 10.1. The Morgan fingerprint density at radius 3 is 2.86 bits per heavy atom. The number of hydrogen-bond acceptors (Lipinski definition) is 6. The molecule has 0 bridgehead atoms. The minimum atomic E-state index is -0.575. The number of ether oxygens (including phenoxy) is 1. The second-order valence-corrected chi connectivity index (χ2v) is 7.10. The number of carbonyl (C=O) groups is 1. The van der Waals surface area contributed by atoms with Crippen molar-refractivity contribution in [1.82, 2.24) is 24.5 Å². The molecule has 2 aromatic heterocycles. The van der Waals surface area contributed by atoms with Crippen LogP contribution in [0, 0.1) is 12.7 Å². The minimum Gasteiger partial charge on any atom is -0.480 e. The summed E-state index contributed by atoms with van der Waals surface area (Å²) in [7, 11) is 0. The Kier molecular flexibility index (Phi) is 3.88. The fraction of sp³-hybridized carbons (Fsp3) is 0.368. The summed E-state index contributed by atoms with van der Waals surface area (Å²) in [6, 6.07) is 6.36. The van der Waals surface area contributed by atoms with Gasteiger partial charge in [-0.15, -0.1) is 0 Å². The third-order valence-electron chi connectivity index (χ3n) is 5.25. The number of benzene rings is 1. The third-order valence-corrected chi connectivity index (χ3v) is 5.25. The molecule has 144 valence electrons. The molecule has 8 nitrogen and oxygen atoms in total. The fourth-order valence-electron chi connectivity index (χ4n) is 3.85. The van der Waals surface area contributed by atoms with Crippen LogP contribution >= 0.6 is 0 Å². The van der Waals surface area contributed by atoms with Crippen LogP contribution < -0.4 is 9.64 Å². The van der Waals surface area contributed by atoms with Crippen molar-refractivity contribution < 1.29 is 13.9 Å². The molecule has 0 saturated carbocycles. The highest BCUT2D eigenvalue weighted by atomic mass is 19.1. The first-order valence-corrected chi connectivity index (χ1v) is 9.25. The summed E-state index contributed by atoms with van der Waals surface area (Å²) in [4.78, 5) is 25.4. The first-order valence-electron chi connectivity index (χ1n) is 9.25. The first-order chi connectivity index (χ1) is 13.6. The van der Waals surface area contributed by atoms with Crippen LogP contribution in [0.2, 0.25) is 0 Å². The Balaban J connectivity index is 1.27. The van der Waals surface area contributed by atoms with E-state index in [-0.39, 0.29) is 11.7 Å². The van der Waals surface area contributed by atoms with Crippen molar-refractivity contribution in [3.63, 3.8) is 0 Å². The maximum absolute atomic E-state index is 13.4. The molecule has 5 rings (SSSR count). The molecule has 1 saturated heterocycles. The number of nitrogens with zero attached hydrogens (tertiary/aromatic N) is 6. The van der Waals surface area contributed by atoms with Crippen LogP contribution in [-0.2, 0) is 11.2 Å². The molecule has 2 aliphatic heterocycles. The fourth-order valence-corrected chi connectivity index (χ4v) is 3.85. The van der Waals surface area contributed by atoms with Crippen LogP contribution in [0.4, 0.5) is 10.2 Å². The molecule has 3 aromatic rings. The number of rotatable bonds is 2. The Labute approximate surface area is 160 Å². The van der Waals surface area contributed by atoms with Gasteiger partial charge in [-0.25, -0.2) is 9.37 Å². The molecule has 2 aliphatic rings. The van der Waals surface area contributed by atoms with E-state index in [4.69, 9.17) is 4.74 Å². The van der Waals surface area contributed by atoms with E-state index in [1.54, 1.807) is 10.6 Å². The number of carbonyl (C=O) groups excluding carboxylic acids is 1. The van der Waals surface area contributed by atoms with E-state index in [9.17, 15) is 9.18 Å². The summed E-state index contributed by atoms with van der Waals surface area (Å²) >= 11 is 0. The smallest absolute Gasteiger partial charge is 0.264 e. The van der Waals surface area contributed by atoms with E-state index in [1.807, 2.05) is 17.9 Å². The summed E-state index contributed by atoms with van der Waals surface area (Å²) in [5.74, 6) is 1.73. The van der Waals surface area contributed by atoms with E-state index in [0.29, 0.717) is 44.1 Å². The van der Waals surface area contributed by atoms with Crippen molar-refractivity contribution in [1.29, 1.82) is 0 Å². The topological polar surface area (TPSA) is 75.9 Å². The van der Waals surface area contributed by atoms with Crippen LogP contribution in [0.15, 0.2) is 30.6 Å². The average Bonchev–Trinajstić information content (AvgIpc) is 3.33. The van der Waals surface area contributed by atoms with Crippen LogP contribution in [0.25, 0.3) is 5.78 Å². The van der Waals surface area contributed by atoms with E-state index < -0.39 is 6.10 Å². The number of piperazine rings is 1. The number of amides is 1. The van der Waals surface area contributed by atoms with Crippen molar-refractivity contribution in [3.8, 4) is 5.75 Å². The van der Waals surface area contributed by atoms with Crippen LogP contribution in [0.3, 0.4) is 0 Å². The molecule has 9 heteroatoms. The maximum Gasteiger partial charge on any atom is 0.264 e. The van der Waals surface area contributed by atoms with Crippen molar-refractivity contribution in [2.75, 3.05) is 31.1 Å². The second kappa shape index (κ2) is 6.43. The standard InChI is InChI=1S/C19H19FN6O2/c1-12-8-17(26-19(23-12)21-11-22-26)24-4-6-25(7-5-24)18(27)16-10-13-9-14(20)2-3-15(13)28-16/h2-3,8-9,11,16H,4-7,10H2,1H3. The number of fused-ring (bicyclic) bond motifs is 2. The molecule has 1 fully saturated rings. The number of aryl methyl sites for hydroxylation is 1. The second-order valence-electron chi connectivity index (χ2n) is 7.10. The third kappa shape index (κ3) is 2.83. The van der Waals surface area contributed by atoms with Gasteiger partial charge >= 0.3 is 0 Å². The average molecular weight is 382 g/mol. The summed E-state index contributed by atoms with van der Waals surface area (Å²) < 4.78 is 20.9. The molecular weight excluding hydrogens is 363 g/mol. The molecular formula is C19H19FN6O2. The molecule has 1 atom stereocenters. The molecule has 0 N–H and O–H groups in total. The van der Waals surface area contributed by atoms with Gasteiger partial charge in [-0.2, -0.15) is 14.6 Å². The Morgan fingerprint density at radius 2 is 2.04 bits per heavy atom. The van der Waals surface area contributed by atoms with E-state index in [2.05, 4.69) is 20.0 Å². The summed E-state index contributed by atoms with van der Waals surface area (Å²) in [5.41, 5.74) is 1.62. The highest BCUT2D eigenvalue weighted by Crippen LogP contribution is 2.30. The Hall–Kier alpha value is -3.23. The number of anilines is 1. The zero-order chi connectivity index (χ0) is 19.3. The Morgan fingerprint density at radius 1 is 1.21 bits per heavy atom. The lowest BCUT2D eigenvalue weighted by Crippen LogP contribution is -2.52. The minimum absolute atomic E-state index is 0.0481. The normalized spacial score (nSPS) is 19.0. The van der Waals surface area contributed by atoms with Gasteiger partial charge in [-0.1, -0.05) is 0 Å². The van der Waals surface area contributed by atoms with E-state index >= 15 is 0 Å². The lowest BCUT2D eigenvalue weighted by molar-refractivity contribution is -0.138. The van der Waals surface area contributed by atoms with Crippen LogP contribution in [-0.4, -0.2) is 62.7 Å². The van der Waals surface area contributed by atoms with Crippen molar-refractivity contribution in [3.05, 3.63) is 47.7 Å². The predicted molar refractivity (Wildman–Crippen MR) is 98.8 cm³/mol. The lowest BCUT2D eigenvalue weighted by Gasteiger charge is -2.36. The highest BCUT2D eigenvalue weighted by molar-refractivity contribution is 5.83. The number of halogens is 1. The van der Waals surface area contributed by atoms with Gasteiger partial charge in [0.15, 0.2) is 6.10 Å². The quantitative estimate of drug-likeness (QED) is 0.664. The van der Waals surface area contributed by atoms with Crippen molar-refractivity contribution in [2.24, 2.45) is 0 Å². The largest absolute Gasteiger partial charge is 0.480 e. The molecule has 0 spiro atoms. The van der Waals surface area contributed by atoms with Crippen LogP contribution in [0.5, 0.6) is 5.75 Å². The van der Waals surface area contributed by atoms with Crippen LogP contribution in [0.1, 0.15) is 11.3 Å². The molecule has 1 amide bonds. The molecule has 28 heavy (non-hydrogen) atoms.